The number of aliphatic imine (C=N–C) groups is 1. The van der Waals surface area contributed by atoms with E-state index in [0.717, 1.165) is 24.3 Å². The Balaban J connectivity index is 2.29. The second-order valence-corrected chi connectivity index (χ2v) is 4.86. The third-order valence-electron chi connectivity index (χ3n) is 2.77. The zero-order valence-corrected chi connectivity index (χ0v) is 10.8. The summed E-state index contributed by atoms with van der Waals surface area (Å²) in [4.78, 5) is 15.8. The van der Waals surface area contributed by atoms with Crippen molar-refractivity contribution in [1.29, 1.82) is 0 Å². The number of carbonyl (C=O) groups is 1. The number of methoxy groups -OCH3 is 1. The van der Waals surface area contributed by atoms with Crippen molar-refractivity contribution in [3.05, 3.63) is 10.7 Å². The van der Waals surface area contributed by atoms with Crippen LogP contribution in [0.4, 0.5) is 0 Å². The molecule has 1 saturated carbocycles. The van der Waals surface area contributed by atoms with Gasteiger partial charge in [-0.3, -0.25) is 5.01 Å². The summed E-state index contributed by atoms with van der Waals surface area (Å²) in [5.41, 5.74) is -0.114. The van der Waals surface area contributed by atoms with E-state index in [1.54, 1.807) is 0 Å². The second-order valence-electron chi connectivity index (χ2n) is 4.10. The van der Waals surface area contributed by atoms with E-state index in [4.69, 9.17) is 29.0 Å². The molecule has 0 aromatic rings. The number of carbonyl (C=O) groups excluding carboxylic acids is 1. The Morgan fingerprint density at radius 1 is 1.65 bits per heavy atom. The number of hydrazine groups is 1. The first-order chi connectivity index (χ1) is 8.04. The van der Waals surface area contributed by atoms with E-state index in [9.17, 15) is 4.79 Å². The highest BCUT2D eigenvalue weighted by Gasteiger charge is 2.34. The van der Waals surface area contributed by atoms with E-state index < -0.39 is 11.6 Å². The number of alkyl halides is 1. The second kappa shape index (κ2) is 4.84. The van der Waals surface area contributed by atoms with Crippen LogP contribution in [0.3, 0.4) is 0 Å². The van der Waals surface area contributed by atoms with Crippen LogP contribution < -0.4 is 5.84 Å². The van der Waals surface area contributed by atoms with Crippen molar-refractivity contribution < 1.29 is 9.53 Å². The number of ether oxygens (including phenoxy) is 1. The van der Waals surface area contributed by atoms with Crippen LogP contribution in [0.2, 0.25) is 0 Å². The number of hydrogen-bond donors (Lipinski definition) is 1. The highest BCUT2D eigenvalue weighted by atomic mass is 35.5. The van der Waals surface area contributed by atoms with Crippen LogP contribution in [0.1, 0.15) is 19.3 Å². The van der Waals surface area contributed by atoms with Gasteiger partial charge in [0.05, 0.1) is 17.9 Å². The van der Waals surface area contributed by atoms with Crippen molar-refractivity contribution >= 4 is 34.9 Å². The molecule has 0 amide bonds. The average Bonchev–Trinajstić information content (AvgIpc) is 3.09. The first-order valence-electron chi connectivity index (χ1n) is 5.27. The predicted molar refractivity (Wildman–Crippen MR) is 65.3 cm³/mol. The summed E-state index contributed by atoms with van der Waals surface area (Å²) < 4.78 is 4.63. The van der Waals surface area contributed by atoms with Crippen molar-refractivity contribution in [2.24, 2.45) is 16.8 Å². The summed E-state index contributed by atoms with van der Waals surface area (Å²) in [6, 6.07) is 0. The van der Waals surface area contributed by atoms with Gasteiger partial charge in [0.15, 0.2) is 5.70 Å². The number of esters is 1. The molecule has 17 heavy (non-hydrogen) atoms. The Hall–Kier alpha value is -0.780. The molecule has 0 saturated heterocycles. The van der Waals surface area contributed by atoms with Crippen LogP contribution in [-0.4, -0.2) is 29.4 Å². The van der Waals surface area contributed by atoms with Gasteiger partial charge in [0.25, 0.3) is 0 Å². The zero-order chi connectivity index (χ0) is 12.6. The highest BCUT2D eigenvalue weighted by molar-refractivity contribution is 6.46. The molecule has 1 unspecified atom stereocenters. The fourth-order valence-electron chi connectivity index (χ4n) is 1.63. The largest absolute Gasteiger partial charge is 0.464 e. The number of hydrogen-bond acceptors (Lipinski definition) is 5. The van der Waals surface area contributed by atoms with E-state index in [1.165, 1.54) is 7.11 Å². The molecule has 1 fully saturated rings. The quantitative estimate of drug-likeness (QED) is 0.368. The summed E-state index contributed by atoms with van der Waals surface area (Å²) in [6.45, 7) is 0. The lowest BCUT2D eigenvalue weighted by molar-refractivity contribution is -0.138. The Morgan fingerprint density at radius 2 is 2.29 bits per heavy atom. The number of nitrogens with two attached hydrogens (primary N) is 1. The molecular formula is C10H13Cl2N3O2. The van der Waals surface area contributed by atoms with Gasteiger partial charge in [-0.2, -0.15) is 0 Å². The fourth-order valence-corrected chi connectivity index (χ4v) is 2.15. The molecule has 2 N–H and O–H groups in total. The van der Waals surface area contributed by atoms with Gasteiger partial charge in [-0.05, 0) is 25.2 Å². The first kappa shape index (κ1) is 12.7. The molecule has 1 atom stereocenters. The van der Waals surface area contributed by atoms with E-state index in [1.807, 2.05) is 0 Å². The Bertz CT molecular complexity index is 404. The van der Waals surface area contributed by atoms with Gasteiger partial charge in [-0.1, -0.05) is 23.2 Å². The number of rotatable bonds is 3. The molecule has 7 heteroatoms. The summed E-state index contributed by atoms with van der Waals surface area (Å²) in [6.07, 6.45) is 3.06. The molecule has 1 aliphatic heterocycles. The zero-order valence-electron chi connectivity index (χ0n) is 9.32. The number of allylic oxidation sites excluding steroid dienone is 1. The Labute approximate surface area is 109 Å². The van der Waals surface area contributed by atoms with E-state index in [2.05, 4.69) is 9.73 Å². The summed E-state index contributed by atoms with van der Waals surface area (Å²) in [5, 5.41) is 1.26. The molecule has 0 bridgehead atoms. The molecule has 5 nitrogen and oxygen atoms in total. The molecule has 0 aromatic heterocycles. The lowest BCUT2D eigenvalue weighted by Gasteiger charge is -2.28. The molecular weight excluding hydrogens is 265 g/mol. The van der Waals surface area contributed by atoms with E-state index in [0.29, 0.717) is 11.6 Å². The Kier molecular flexibility index (Phi) is 3.61. The average molecular weight is 278 g/mol. The molecule has 2 aliphatic rings. The van der Waals surface area contributed by atoms with Crippen LogP contribution in [0.15, 0.2) is 15.7 Å². The molecule has 0 spiro atoms. The smallest absolute Gasteiger partial charge is 0.357 e. The van der Waals surface area contributed by atoms with E-state index >= 15 is 0 Å². The van der Waals surface area contributed by atoms with Crippen LogP contribution in [-0.2, 0) is 9.53 Å². The van der Waals surface area contributed by atoms with Gasteiger partial charge >= 0.3 is 5.97 Å². The van der Waals surface area contributed by atoms with Crippen LogP contribution >= 0.6 is 23.2 Å². The van der Waals surface area contributed by atoms with Crippen molar-refractivity contribution in [2.45, 2.75) is 24.9 Å². The van der Waals surface area contributed by atoms with Crippen LogP contribution in [0, 0.1) is 5.92 Å². The molecule has 1 heterocycles. The minimum absolute atomic E-state index is 0.0693. The summed E-state index contributed by atoms with van der Waals surface area (Å²) in [5.74, 6) is 5.64. The molecule has 2 rings (SSSR count). The fraction of sp³-hybridized carbons (Fsp3) is 0.600. The highest BCUT2D eigenvalue weighted by Crippen LogP contribution is 2.36. The molecule has 1 aliphatic carbocycles. The molecule has 0 radical (unpaired) electrons. The maximum Gasteiger partial charge on any atom is 0.357 e. The maximum atomic E-state index is 11.6. The van der Waals surface area contributed by atoms with Crippen molar-refractivity contribution in [2.75, 3.05) is 7.11 Å². The number of nitrogens with zero attached hydrogens (tertiary/aromatic N) is 2. The topological polar surface area (TPSA) is 67.9 Å². The molecule has 0 aromatic carbocycles. The van der Waals surface area contributed by atoms with Crippen LogP contribution in [0.5, 0.6) is 0 Å². The minimum Gasteiger partial charge on any atom is -0.464 e. The van der Waals surface area contributed by atoms with Crippen LogP contribution in [0.25, 0.3) is 0 Å². The summed E-state index contributed by atoms with van der Waals surface area (Å²) >= 11 is 12.1. The number of halogens is 2. The van der Waals surface area contributed by atoms with Gasteiger partial charge in [0, 0.05) is 0 Å². The third kappa shape index (κ3) is 2.56. The Morgan fingerprint density at radius 3 is 2.82 bits per heavy atom. The van der Waals surface area contributed by atoms with E-state index in [-0.39, 0.29) is 10.7 Å². The van der Waals surface area contributed by atoms with Crippen molar-refractivity contribution in [3.8, 4) is 0 Å². The summed E-state index contributed by atoms with van der Waals surface area (Å²) in [7, 11) is 1.27. The normalized spacial score (nSPS) is 24.8. The lowest BCUT2D eigenvalue weighted by Crippen LogP contribution is -2.43. The minimum atomic E-state index is -0.819. The third-order valence-corrected chi connectivity index (χ3v) is 3.47. The van der Waals surface area contributed by atoms with Gasteiger partial charge in [-0.15, -0.1) is 0 Å². The van der Waals surface area contributed by atoms with Crippen molar-refractivity contribution in [3.63, 3.8) is 0 Å². The molecule has 94 valence electrons. The maximum absolute atomic E-state index is 11.6. The first-order valence-corrected chi connectivity index (χ1v) is 6.09. The standard InChI is InChI=1S/C10H13Cl2N3O2/c1-17-9(16)8-7(11)6(4-5-2-3-5)14-10(12)15(8)13/h5,10H,2-4,13H2,1H3. The van der Waals surface area contributed by atoms with Gasteiger partial charge in [0.1, 0.15) is 0 Å². The van der Waals surface area contributed by atoms with Crippen molar-refractivity contribution in [1.82, 2.24) is 5.01 Å². The predicted octanol–water partition coefficient (Wildman–Crippen LogP) is 1.56. The van der Waals surface area contributed by atoms with Gasteiger partial charge in [-0.25, -0.2) is 15.6 Å². The monoisotopic (exact) mass is 277 g/mol. The SMILES string of the molecule is COC(=O)C1=C(Cl)C(CC2CC2)=NC(Cl)N1N. The lowest BCUT2D eigenvalue weighted by atomic mass is 10.1. The van der Waals surface area contributed by atoms with Gasteiger partial charge < -0.3 is 4.74 Å². The van der Waals surface area contributed by atoms with Gasteiger partial charge in [0.2, 0.25) is 5.62 Å².